The van der Waals surface area contributed by atoms with E-state index in [0.29, 0.717) is 0 Å². The average molecular weight is 404 g/mol. The number of aryl methyl sites for hydroxylation is 1. The van der Waals surface area contributed by atoms with E-state index in [-0.39, 0.29) is 11.4 Å². The van der Waals surface area contributed by atoms with Crippen LogP contribution in [0.1, 0.15) is 28.9 Å². The van der Waals surface area contributed by atoms with E-state index in [0.717, 1.165) is 32.7 Å². The maximum atomic E-state index is 6.35. The lowest BCUT2D eigenvalue weighted by atomic mass is 10.1. The molecule has 29 heavy (non-hydrogen) atoms. The van der Waals surface area contributed by atoms with Crippen LogP contribution in [-0.2, 0) is 17.7 Å². The lowest BCUT2D eigenvalue weighted by molar-refractivity contribution is -0.0319. The number of ether oxygens (including phenoxy) is 1. The Hall–Kier alpha value is -2.07. The van der Waals surface area contributed by atoms with Crippen LogP contribution in [0.5, 0.6) is 0 Å². The van der Waals surface area contributed by atoms with E-state index in [1.165, 1.54) is 21.6 Å². The molecule has 0 N–H and O–H groups in total. The van der Waals surface area contributed by atoms with Gasteiger partial charge in [0.05, 0.1) is 18.0 Å². The highest BCUT2D eigenvalue weighted by Crippen LogP contribution is 2.41. The van der Waals surface area contributed by atoms with Gasteiger partial charge in [0.15, 0.2) is 0 Å². The summed E-state index contributed by atoms with van der Waals surface area (Å²) in [5, 5.41) is 0.280. The summed E-state index contributed by atoms with van der Waals surface area (Å²) in [5.41, 5.74) is 4.12. The maximum absolute atomic E-state index is 6.35. The van der Waals surface area contributed by atoms with E-state index >= 15 is 0 Å². The summed E-state index contributed by atoms with van der Waals surface area (Å²) in [6, 6.07) is 30.4. The van der Waals surface area contributed by atoms with Gasteiger partial charge in [0, 0.05) is 24.5 Å². The first-order chi connectivity index (χ1) is 14.3. The highest BCUT2D eigenvalue weighted by molar-refractivity contribution is 7.99. The van der Waals surface area contributed by atoms with E-state index in [2.05, 4.69) is 96.8 Å². The molecule has 1 fully saturated rings. The molecule has 1 saturated heterocycles. The van der Waals surface area contributed by atoms with E-state index < -0.39 is 0 Å². The molecule has 1 aliphatic rings. The van der Waals surface area contributed by atoms with Crippen molar-refractivity contribution >= 4 is 11.8 Å². The fraction of sp³-hybridized carbons (Fsp3) is 0.308. The molecule has 3 aromatic carbocycles. The van der Waals surface area contributed by atoms with Crippen molar-refractivity contribution in [1.29, 1.82) is 0 Å². The van der Waals surface area contributed by atoms with Crippen LogP contribution < -0.4 is 0 Å². The second-order valence-electron chi connectivity index (χ2n) is 7.54. The highest BCUT2D eigenvalue weighted by Gasteiger charge is 2.30. The van der Waals surface area contributed by atoms with Gasteiger partial charge in [-0.15, -0.1) is 11.8 Å². The summed E-state index contributed by atoms with van der Waals surface area (Å²) in [7, 11) is 0. The fourth-order valence-corrected chi connectivity index (χ4v) is 5.35. The van der Waals surface area contributed by atoms with Crippen molar-refractivity contribution in [2.45, 2.75) is 36.1 Å². The molecule has 0 aliphatic carbocycles. The van der Waals surface area contributed by atoms with Crippen LogP contribution in [0.15, 0.2) is 89.8 Å². The molecule has 1 heterocycles. The maximum Gasteiger partial charge on any atom is 0.0865 e. The zero-order valence-electron chi connectivity index (χ0n) is 17.0. The average Bonchev–Trinajstić information content (AvgIpc) is 2.79. The van der Waals surface area contributed by atoms with Crippen LogP contribution >= 0.6 is 11.8 Å². The van der Waals surface area contributed by atoms with Gasteiger partial charge in [-0.1, -0.05) is 85.8 Å². The van der Waals surface area contributed by atoms with Crippen molar-refractivity contribution in [1.82, 2.24) is 4.90 Å². The first-order valence-corrected chi connectivity index (χ1v) is 11.4. The first-order valence-electron chi connectivity index (χ1n) is 10.5. The molecule has 3 heteroatoms. The monoisotopic (exact) mass is 403 g/mol. The largest absolute Gasteiger partial charge is 0.374 e. The van der Waals surface area contributed by atoms with Gasteiger partial charge in [-0.2, -0.15) is 0 Å². The number of hydrogen-bond donors (Lipinski definition) is 0. The van der Waals surface area contributed by atoms with Crippen molar-refractivity contribution in [3.63, 3.8) is 0 Å². The molecule has 0 bridgehead atoms. The van der Waals surface area contributed by atoms with Crippen LogP contribution in [0, 0.1) is 0 Å². The number of hydrogen-bond acceptors (Lipinski definition) is 3. The van der Waals surface area contributed by atoms with Gasteiger partial charge < -0.3 is 4.74 Å². The minimum absolute atomic E-state index is 0.171. The molecule has 0 amide bonds. The van der Waals surface area contributed by atoms with Gasteiger partial charge >= 0.3 is 0 Å². The summed E-state index contributed by atoms with van der Waals surface area (Å²) in [4.78, 5) is 3.90. The zero-order valence-corrected chi connectivity index (χ0v) is 17.9. The van der Waals surface area contributed by atoms with Gasteiger partial charge in [0.25, 0.3) is 0 Å². The van der Waals surface area contributed by atoms with E-state index in [1.807, 2.05) is 11.8 Å². The predicted octanol–water partition coefficient (Wildman–Crippen LogP) is 5.98. The topological polar surface area (TPSA) is 12.5 Å². The molecule has 0 radical (unpaired) electrons. The minimum Gasteiger partial charge on any atom is -0.374 e. The van der Waals surface area contributed by atoms with Crippen LogP contribution in [0.3, 0.4) is 0 Å². The second kappa shape index (κ2) is 10.1. The third-order valence-electron chi connectivity index (χ3n) is 5.50. The molecule has 4 rings (SSSR count). The third-order valence-corrected chi connectivity index (χ3v) is 6.98. The van der Waals surface area contributed by atoms with Crippen LogP contribution in [0.4, 0.5) is 0 Å². The molecule has 150 valence electrons. The summed E-state index contributed by atoms with van der Waals surface area (Å²) in [6.45, 7) is 5.95. The fourth-order valence-electron chi connectivity index (χ4n) is 3.95. The van der Waals surface area contributed by atoms with Gasteiger partial charge in [-0.05, 0) is 29.2 Å². The predicted molar refractivity (Wildman–Crippen MR) is 122 cm³/mol. The van der Waals surface area contributed by atoms with E-state index in [9.17, 15) is 0 Å². The smallest absolute Gasteiger partial charge is 0.0865 e. The van der Waals surface area contributed by atoms with Gasteiger partial charge in [-0.25, -0.2) is 0 Å². The van der Waals surface area contributed by atoms with Crippen LogP contribution in [-0.4, -0.2) is 30.7 Å². The van der Waals surface area contributed by atoms with Crippen molar-refractivity contribution < 1.29 is 4.74 Å². The minimum atomic E-state index is 0.171. The summed E-state index contributed by atoms with van der Waals surface area (Å²) in [5.74, 6) is 0. The van der Waals surface area contributed by atoms with E-state index in [4.69, 9.17) is 4.74 Å². The molecular formula is C26H29NOS. The molecule has 2 nitrogen and oxygen atoms in total. The Balaban J connectivity index is 1.55. The Morgan fingerprint density at radius 1 is 0.931 bits per heavy atom. The number of thioether (sulfide) groups is 1. The Morgan fingerprint density at radius 3 is 2.38 bits per heavy atom. The second-order valence-corrected chi connectivity index (χ2v) is 8.72. The number of rotatable bonds is 7. The highest BCUT2D eigenvalue weighted by atomic mass is 32.2. The van der Waals surface area contributed by atoms with Gasteiger partial charge in [0.1, 0.15) is 0 Å². The molecule has 0 spiro atoms. The molecule has 3 aromatic rings. The van der Waals surface area contributed by atoms with Crippen molar-refractivity contribution in [2.75, 3.05) is 19.7 Å². The zero-order chi connectivity index (χ0) is 19.9. The number of morpholine rings is 1. The molecule has 2 atom stereocenters. The normalized spacial score (nSPS) is 18.4. The molecular weight excluding hydrogens is 374 g/mol. The van der Waals surface area contributed by atoms with Crippen molar-refractivity contribution in [3.8, 4) is 0 Å². The Labute approximate surface area is 178 Å². The SMILES string of the molecule is CCc1ccccc1SC(c1ccccc1)[C@H]1CN(Cc2ccccc2)CCO1. The third kappa shape index (κ3) is 5.30. The van der Waals surface area contributed by atoms with Crippen LogP contribution in [0.2, 0.25) is 0 Å². The molecule has 1 aliphatic heterocycles. The van der Waals surface area contributed by atoms with Gasteiger partial charge in [-0.3, -0.25) is 4.90 Å². The number of nitrogens with zero attached hydrogens (tertiary/aromatic N) is 1. The standard InChI is InChI=1S/C26H29NOS/c1-2-22-13-9-10-16-25(22)29-26(23-14-7-4-8-15-23)24-20-27(17-18-28-24)19-21-11-5-3-6-12-21/h3-16,24,26H,2,17-20H2,1H3/t24-,26?/m1/s1. The lowest BCUT2D eigenvalue weighted by Gasteiger charge is -2.37. The van der Waals surface area contributed by atoms with E-state index in [1.54, 1.807) is 0 Å². The lowest BCUT2D eigenvalue weighted by Crippen LogP contribution is -2.44. The molecule has 0 saturated carbocycles. The Kier molecular flexibility index (Phi) is 7.04. The summed E-state index contributed by atoms with van der Waals surface area (Å²) in [6.07, 6.45) is 1.22. The van der Waals surface area contributed by atoms with Crippen LogP contribution in [0.25, 0.3) is 0 Å². The van der Waals surface area contributed by atoms with Crippen molar-refractivity contribution in [2.24, 2.45) is 0 Å². The molecule has 1 unspecified atom stereocenters. The Bertz CT molecular complexity index is 883. The quantitative estimate of drug-likeness (QED) is 0.450. The number of benzene rings is 3. The van der Waals surface area contributed by atoms with Gasteiger partial charge in [0.2, 0.25) is 0 Å². The molecule has 0 aromatic heterocycles. The summed E-state index contributed by atoms with van der Waals surface area (Å²) >= 11 is 1.96. The summed E-state index contributed by atoms with van der Waals surface area (Å²) < 4.78 is 6.35. The first kappa shape index (κ1) is 20.2. The Morgan fingerprint density at radius 2 is 1.62 bits per heavy atom. The van der Waals surface area contributed by atoms with Crippen molar-refractivity contribution in [3.05, 3.63) is 102 Å².